The van der Waals surface area contributed by atoms with Gasteiger partial charge in [-0.3, -0.25) is 9.36 Å². The smallest absolute Gasteiger partial charge is 0.259 e. The molecule has 0 bridgehead atoms. The van der Waals surface area contributed by atoms with Crippen LogP contribution in [0.3, 0.4) is 0 Å². The van der Waals surface area contributed by atoms with Crippen molar-refractivity contribution in [2.24, 2.45) is 0 Å². The highest BCUT2D eigenvalue weighted by Gasteiger charge is 2.28. The van der Waals surface area contributed by atoms with Gasteiger partial charge in [-0.05, 0) is 61.1 Å². The van der Waals surface area contributed by atoms with Crippen molar-refractivity contribution in [3.63, 3.8) is 0 Å². The number of fused-ring (bicyclic) bond motifs is 1. The number of ether oxygens (including phenoxy) is 1. The number of benzene rings is 2. The normalized spacial score (nSPS) is 17.4. The fraction of sp³-hybridized carbons (Fsp3) is 0.419. The van der Waals surface area contributed by atoms with Gasteiger partial charge in [-0.15, -0.1) is 0 Å². The fourth-order valence-corrected chi connectivity index (χ4v) is 5.95. The van der Waals surface area contributed by atoms with Crippen molar-refractivity contribution >= 4 is 17.5 Å². The number of nitrogens with zero attached hydrogens (tertiary/aromatic N) is 5. The molecule has 0 amide bonds. The molecule has 5 rings (SSSR count). The van der Waals surface area contributed by atoms with Crippen molar-refractivity contribution in [3.05, 3.63) is 87.6 Å². The third-order valence-electron chi connectivity index (χ3n) is 7.66. The monoisotopic (exact) mass is 541 g/mol. The van der Waals surface area contributed by atoms with E-state index in [1.54, 1.807) is 18.1 Å². The molecule has 1 aliphatic rings. The van der Waals surface area contributed by atoms with E-state index in [0.29, 0.717) is 17.8 Å². The summed E-state index contributed by atoms with van der Waals surface area (Å²) in [7, 11) is 0. The lowest BCUT2D eigenvalue weighted by Crippen LogP contribution is -2.35. The van der Waals surface area contributed by atoms with E-state index in [2.05, 4.69) is 41.5 Å². The lowest BCUT2D eigenvalue weighted by Gasteiger charge is -2.30. The summed E-state index contributed by atoms with van der Waals surface area (Å²) >= 11 is 1.80. The van der Waals surface area contributed by atoms with Gasteiger partial charge in [0.15, 0.2) is 0 Å². The molecule has 0 radical (unpaired) electrons. The Morgan fingerprint density at radius 2 is 1.87 bits per heavy atom. The van der Waals surface area contributed by atoms with Gasteiger partial charge in [0.05, 0.1) is 30.0 Å². The van der Waals surface area contributed by atoms with Crippen LogP contribution in [0.5, 0.6) is 0 Å². The van der Waals surface area contributed by atoms with Gasteiger partial charge in [-0.25, -0.2) is 4.52 Å². The van der Waals surface area contributed by atoms with Gasteiger partial charge >= 0.3 is 0 Å². The molecule has 2 heterocycles. The molecule has 0 N–H and O–H groups in total. The molecular weight excluding hydrogens is 506 g/mol. The van der Waals surface area contributed by atoms with Gasteiger partial charge in [-0.1, -0.05) is 55.8 Å². The van der Waals surface area contributed by atoms with E-state index in [-0.39, 0.29) is 17.7 Å². The Bertz CT molecular complexity index is 1510. The average molecular weight is 542 g/mol. The van der Waals surface area contributed by atoms with Gasteiger partial charge < -0.3 is 4.74 Å². The molecule has 0 aliphatic heterocycles. The van der Waals surface area contributed by atoms with E-state index in [0.717, 1.165) is 78.8 Å². The second-order valence-corrected chi connectivity index (χ2v) is 11.1. The van der Waals surface area contributed by atoms with Crippen LogP contribution in [-0.4, -0.2) is 43.9 Å². The van der Waals surface area contributed by atoms with Crippen molar-refractivity contribution in [1.82, 2.24) is 19.2 Å². The molecule has 4 aromatic rings. The minimum Gasteiger partial charge on any atom is -0.377 e. The van der Waals surface area contributed by atoms with Crippen LogP contribution in [0, 0.1) is 11.3 Å². The van der Waals surface area contributed by atoms with Crippen LogP contribution in [0.4, 0.5) is 0 Å². The minimum atomic E-state index is 0.0459. The first-order valence-corrected chi connectivity index (χ1v) is 15.2. The first kappa shape index (κ1) is 27.2. The Morgan fingerprint density at radius 1 is 1.10 bits per heavy atom. The molecule has 1 aliphatic carbocycles. The SMILES string of the molecule is CCCc1c(Cc2ccc(-c3ccccc3C#N)cc2)c(=O)n([C@H]2CC[C@H](OCCSC)CC2)c2ncnn12. The van der Waals surface area contributed by atoms with Gasteiger partial charge in [0.1, 0.15) is 6.33 Å². The molecule has 0 atom stereocenters. The molecule has 7 nitrogen and oxygen atoms in total. The highest BCUT2D eigenvalue weighted by atomic mass is 32.2. The standard InChI is InChI=1S/C31H35N5O2S/c1-3-6-29-28(19-22-9-11-23(12-10-22)27-8-5-4-7-24(27)20-32)30(37)35(31-33-21-34-36(29)31)25-13-15-26(16-14-25)38-17-18-39-2/h4-5,7-12,21,25-26H,3,6,13-19H2,1-2H3/t25-,26-. The molecule has 8 heteroatoms. The van der Waals surface area contributed by atoms with E-state index >= 15 is 0 Å². The van der Waals surface area contributed by atoms with Crippen LogP contribution in [-0.2, 0) is 17.6 Å². The number of aromatic nitrogens is 4. The molecule has 39 heavy (non-hydrogen) atoms. The minimum absolute atomic E-state index is 0.0459. The summed E-state index contributed by atoms with van der Waals surface area (Å²) < 4.78 is 9.85. The van der Waals surface area contributed by atoms with Crippen LogP contribution >= 0.6 is 11.8 Å². The Balaban J connectivity index is 1.46. The number of aryl methyl sites for hydroxylation is 1. The lowest BCUT2D eigenvalue weighted by atomic mass is 9.92. The molecule has 0 unspecified atom stereocenters. The predicted octanol–water partition coefficient (Wildman–Crippen LogP) is 5.84. The van der Waals surface area contributed by atoms with Crippen molar-refractivity contribution in [1.29, 1.82) is 5.26 Å². The van der Waals surface area contributed by atoms with Gasteiger partial charge in [0, 0.05) is 23.8 Å². The average Bonchev–Trinajstić information content (AvgIpc) is 3.45. The van der Waals surface area contributed by atoms with E-state index in [4.69, 9.17) is 4.74 Å². The summed E-state index contributed by atoms with van der Waals surface area (Å²) in [6, 6.07) is 18.2. The third kappa shape index (κ3) is 5.80. The fourth-order valence-electron chi connectivity index (χ4n) is 5.68. The summed E-state index contributed by atoms with van der Waals surface area (Å²) in [6.07, 6.45) is 9.80. The Hall–Kier alpha value is -3.41. The van der Waals surface area contributed by atoms with Crippen LogP contribution in [0.15, 0.2) is 59.7 Å². The maximum absolute atomic E-state index is 14.2. The Labute approximate surface area is 233 Å². The first-order valence-electron chi connectivity index (χ1n) is 13.8. The number of thioether (sulfide) groups is 1. The van der Waals surface area contributed by atoms with Gasteiger partial charge in [-0.2, -0.15) is 27.1 Å². The zero-order valence-electron chi connectivity index (χ0n) is 22.7. The van der Waals surface area contributed by atoms with E-state index in [9.17, 15) is 10.1 Å². The number of rotatable bonds is 10. The molecule has 0 saturated heterocycles. The van der Waals surface area contributed by atoms with E-state index in [1.807, 2.05) is 45.5 Å². The highest BCUT2D eigenvalue weighted by molar-refractivity contribution is 7.98. The van der Waals surface area contributed by atoms with Crippen LogP contribution in [0.1, 0.15) is 67.5 Å². The topological polar surface area (TPSA) is 85.2 Å². The maximum Gasteiger partial charge on any atom is 0.259 e. The zero-order chi connectivity index (χ0) is 27.2. The van der Waals surface area contributed by atoms with Gasteiger partial charge in [0.25, 0.3) is 5.56 Å². The molecule has 1 fully saturated rings. The van der Waals surface area contributed by atoms with Gasteiger partial charge in [0.2, 0.25) is 5.78 Å². The van der Waals surface area contributed by atoms with Crippen LogP contribution in [0.25, 0.3) is 16.9 Å². The van der Waals surface area contributed by atoms with Crippen molar-refractivity contribution in [2.75, 3.05) is 18.6 Å². The van der Waals surface area contributed by atoms with Crippen molar-refractivity contribution in [3.8, 4) is 17.2 Å². The van der Waals surface area contributed by atoms with Crippen molar-refractivity contribution in [2.45, 2.75) is 64.0 Å². The quantitative estimate of drug-likeness (QED) is 0.235. The largest absolute Gasteiger partial charge is 0.377 e. The van der Waals surface area contributed by atoms with E-state index in [1.165, 1.54) is 0 Å². The molecule has 2 aromatic heterocycles. The third-order valence-corrected chi connectivity index (χ3v) is 8.23. The summed E-state index contributed by atoms with van der Waals surface area (Å²) in [4.78, 5) is 18.7. The maximum atomic E-state index is 14.2. The molecule has 0 spiro atoms. The number of hydrogen-bond acceptors (Lipinski definition) is 6. The Morgan fingerprint density at radius 3 is 2.59 bits per heavy atom. The van der Waals surface area contributed by atoms with Crippen LogP contribution in [0.2, 0.25) is 0 Å². The summed E-state index contributed by atoms with van der Waals surface area (Å²) in [5.41, 5.74) is 5.39. The van der Waals surface area contributed by atoms with Crippen molar-refractivity contribution < 1.29 is 4.74 Å². The predicted molar refractivity (Wildman–Crippen MR) is 156 cm³/mol. The summed E-state index contributed by atoms with van der Waals surface area (Å²) in [5.74, 6) is 1.65. The number of nitriles is 1. The summed E-state index contributed by atoms with van der Waals surface area (Å²) in [6.45, 7) is 2.90. The first-order chi connectivity index (χ1) is 19.1. The highest BCUT2D eigenvalue weighted by Crippen LogP contribution is 2.31. The summed E-state index contributed by atoms with van der Waals surface area (Å²) in [5, 5.41) is 14.1. The van der Waals surface area contributed by atoms with E-state index < -0.39 is 0 Å². The molecule has 202 valence electrons. The second kappa shape index (κ2) is 12.6. The molecule has 1 saturated carbocycles. The second-order valence-electron chi connectivity index (χ2n) is 10.1. The zero-order valence-corrected chi connectivity index (χ0v) is 23.5. The molecular formula is C31H35N5O2S. The van der Waals surface area contributed by atoms with Crippen LogP contribution < -0.4 is 5.56 Å². The lowest BCUT2D eigenvalue weighted by molar-refractivity contribution is 0.0286. The molecule has 2 aromatic carbocycles. The number of hydrogen-bond donors (Lipinski definition) is 0. The Kier molecular flexibility index (Phi) is 8.80.